The molecule has 1 atom stereocenters. The Balaban J connectivity index is 2.27. The number of hydrogen-bond acceptors (Lipinski definition) is 2. The van der Waals surface area contributed by atoms with Crippen LogP contribution in [-0.2, 0) is 0 Å². The third-order valence-corrected chi connectivity index (χ3v) is 4.63. The summed E-state index contributed by atoms with van der Waals surface area (Å²) in [7, 11) is 0. The van der Waals surface area contributed by atoms with Crippen LogP contribution in [0.2, 0.25) is 0 Å². The van der Waals surface area contributed by atoms with Gasteiger partial charge in [-0.1, -0.05) is 62.8 Å². The SMILES string of the molecule is CCN(CC)CCN1CC=C(C)C=CC(C)c2ccccc21. The Morgan fingerprint density at radius 3 is 2.64 bits per heavy atom. The van der Waals surface area contributed by atoms with Gasteiger partial charge in [0.25, 0.3) is 0 Å². The van der Waals surface area contributed by atoms with E-state index in [1.807, 2.05) is 0 Å². The maximum atomic E-state index is 2.53. The quantitative estimate of drug-likeness (QED) is 0.792. The molecule has 2 rings (SSSR count). The van der Waals surface area contributed by atoms with Crippen molar-refractivity contribution in [2.24, 2.45) is 0 Å². The maximum absolute atomic E-state index is 2.53. The third kappa shape index (κ3) is 4.23. The summed E-state index contributed by atoms with van der Waals surface area (Å²) >= 11 is 0. The van der Waals surface area contributed by atoms with Gasteiger partial charge >= 0.3 is 0 Å². The van der Waals surface area contributed by atoms with E-state index in [9.17, 15) is 0 Å². The Morgan fingerprint density at radius 1 is 1.18 bits per heavy atom. The molecular weight excluding hydrogens is 268 g/mol. The van der Waals surface area contributed by atoms with E-state index in [4.69, 9.17) is 0 Å². The highest BCUT2D eigenvalue weighted by molar-refractivity contribution is 5.57. The van der Waals surface area contributed by atoms with Gasteiger partial charge in [0.15, 0.2) is 0 Å². The Labute approximate surface area is 136 Å². The molecule has 0 bridgehead atoms. The molecule has 0 radical (unpaired) electrons. The van der Waals surface area contributed by atoms with Crippen LogP contribution in [0.5, 0.6) is 0 Å². The second kappa shape index (κ2) is 8.19. The molecule has 1 heterocycles. The molecular formula is C20H30N2. The summed E-state index contributed by atoms with van der Waals surface area (Å²) < 4.78 is 0. The van der Waals surface area contributed by atoms with Gasteiger partial charge in [0.2, 0.25) is 0 Å². The Kier molecular flexibility index (Phi) is 6.26. The molecule has 0 amide bonds. The van der Waals surface area contributed by atoms with Crippen LogP contribution in [-0.4, -0.2) is 37.6 Å². The largest absolute Gasteiger partial charge is 0.366 e. The van der Waals surface area contributed by atoms with Crippen LogP contribution in [0.4, 0.5) is 5.69 Å². The minimum Gasteiger partial charge on any atom is -0.366 e. The fourth-order valence-electron chi connectivity index (χ4n) is 2.99. The van der Waals surface area contributed by atoms with Gasteiger partial charge in [0, 0.05) is 31.2 Å². The lowest BCUT2D eigenvalue weighted by Crippen LogP contribution is -2.35. The van der Waals surface area contributed by atoms with Crippen molar-refractivity contribution >= 4 is 5.69 Å². The van der Waals surface area contributed by atoms with Gasteiger partial charge in [0.05, 0.1) is 0 Å². The lowest BCUT2D eigenvalue weighted by Gasteiger charge is -2.29. The maximum Gasteiger partial charge on any atom is 0.0407 e. The van der Waals surface area contributed by atoms with Crippen LogP contribution in [0, 0.1) is 0 Å². The monoisotopic (exact) mass is 298 g/mol. The molecule has 1 unspecified atom stereocenters. The molecule has 0 aliphatic carbocycles. The van der Waals surface area contributed by atoms with Crippen LogP contribution in [0.15, 0.2) is 48.1 Å². The van der Waals surface area contributed by atoms with E-state index in [2.05, 4.69) is 80.0 Å². The van der Waals surface area contributed by atoms with E-state index < -0.39 is 0 Å². The number of likely N-dealkylation sites (N-methyl/N-ethyl adjacent to an activating group) is 1. The van der Waals surface area contributed by atoms with Crippen LogP contribution in [0.1, 0.15) is 39.2 Å². The zero-order valence-corrected chi connectivity index (χ0v) is 14.5. The first-order valence-electron chi connectivity index (χ1n) is 8.56. The van der Waals surface area contributed by atoms with E-state index in [1.165, 1.54) is 16.8 Å². The number of para-hydroxylation sites is 1. The normalized spacial score (nSPS) is 18.5. The fourth-order valence-corrected chi connectivity index (χ4v) is 2.99. The smallest absolute Gasteiger partial charge is 0.0407 e. The van der Waals surface area contributed by atoms with Gasteiger partial charge in [-0.3, -0.25) is 0 Å². The molecule has 1 aromatic carbocycles. The molecule has 1 aliphatic heterocycles. The lowest BCUT2D eigenvalue weighted by atomic mass is 9.98. The molecule has 0 aromatic heterocycles. The van der Waals surface area contributed by atoms with Gasteiger partial charge in [0.1, 0.15) is 0 Å². The summed E-state index contributed by atoms with van der Waals surface area (Å²) in [6.45, 7) is 14.4. The summed E-state index contributed by atoms with van der Waals surface area (Å²) in [5.41, 5.74) is 4.17. The van der Waals surface area contributed by atoms with E-state index in [-0.39, 0.29) is 0 Å². The second-order valence-corrected chi connectivity index (χ2v) is 6.13. The van der Waals surface area contributed by atoms with E-state index in [1.54, 1.807) is 0 Å². The van der Waals surface area contributed by atoms with Crippen molar-refractivity contribution in [3.05, 3.63) is 53.6 Å². The summed E-state index contributed by atoms with van der Waals surface area (Å²) in [5, 5.41) is 0. The summed E-state index contributed by atoms with van der Waals surface area (Å²) in [4.78, 5) is 5.02. The Morgan fingerprint density at radius 2 is 1.91 bits per heavy atom. The number of hydrogen-bond donors (Lipinski definition) is 0. The number of nitrogens with zero attached hydrogens (tertiary/aromatic N) is 2. The second-order valence-electron chi connectivity index (χ2n) is 6.13. The first kappa shape index (κ1) is 16.8. The average Bonchev–Trinajstić information content (AvgIpc) is 2.60. The molecule has 0 N–H and O–H groups in total. The number of allylic oxidation sites excluding steroid dienone is 3. The zero-order valence-electron chi connectivity index (χ0n) is 14.5. The first-order chi connectivity index (χ1) is 10.7. The zero-order chi connectivity index (χ0) is 15.9. The van der Waals surface area contributed by atoms with Crippen LogP contribution in [0.25, 0.3) is 0 Å². The van der Waals surface area contributed by atoms with Gasteiger partial charge in [-0.05, 0) is 31.6 Å². The van der Waals surface area contributed by atoms with Gasteiger partial charge in [-0.15, -0.1) is 0 Å². The van der Waals surface area contributed by atoms with Crippen molar-refractivity contribution in [3.63, 3.8) is 0 Å². The molecule has 0 spiro atoms. The van der Waals surface area contributed by atoms with E-state index in [0.717, 1.165) is 32.7 Å². The predicted molar refractivity (Wildman–Crippen MR) is 97.8 cm³/mol. The molecule has 120 valence electrons. The van der Waals surface area contributed by atoms with E-state index in [0.29, 0.717) is 5.92 Å². The highest BCUT2D eigenvalue weighted by Crippen LogP contribution is 2.29. The molecule has 0 saturated heterocycles. The molecule has 0 fully saturated rings. The van der Waals surface area contributed by atoms with Gasteiger partial charge in [-0.25, -0.2) is 0 Å². The van der Waals surface area contributed by atoms with Crippen molar-refractivity contribution in [1.82, 2.24) is 4.90 Å². The third-order valence-electron chi connectivity index (χ3n) is 4.63. The summed E-state index contributed by atoms with van der Waals surface area (Å²) in [6, 6.07) is 8.86. The standard InChI is InChI=1S/C20H30N2/c1-5-21(6-2)15-16-22-14-13-17(3)11-12-18(4)19-9-7-8-10-20(19)22/h7-13,18H,5-6,14-16H2,1-4H3. The predicted octanol–water partition coefficient (Wildman–Crippen LogP) is 4.45. The molecule has 22 heavy (non-hydrogen) atoms. The van der Waals surface area contributed by atoms with Crippen molar-refractivity contribution in [3.8, 4) is 0 Å². The number of rotatable bonds is 5. The lowest BCUT2D eigenvalue weighted by molar-refractivity contribution is 0.310. The molecule has 1 aromatic rings. The summed E-state index contributed by atoms with van der Waals surface area (Å²) in [5.74, 6) is 0.452. The van der Waals surface area contributed by atoms with Crippen LogP contribution in [0.3, 0.4) is 0 Å². The van der Waals surface area contributed by atoms with Crippen LogP contribution < -0.4 is 4.90 Å². The highest BCUT2D eigenvalue weighted by atomic mass is 15.2. The van der Waals surface area contributed by atoms with Gasteiger partial charge < -0.3 is 9.80 Å². The number of benzene rings is 1. The number of anilines is 1. The fraction of sp³-hybridized carbons (Fsp3) is 0.500. The Bertz CT molecular complexity index is 526. The molecule has 2 heteroatoms. The van der Waals surface area contributed by atoms with Gasteiger partial charge in [-0.2, -0.15) is 0 Å². The topological polar surface area (TPSA) is 6.48 Å². The molecule has 2 nitrogen and oxygen atoms in total. The molecule has 0 saturated carbocycles. The minimum absolute atomic E-state index is 0.452. The average molecular weight is 298 g/mol. The Hall–Kier alpha value is -1.54. The van der Waals surface area contributed by atoms with Crippen molar-refractivity contribution in [2.75, 3.05) is 37.6 Å². The van der Waals surface area contributed by atoms with Crippen LogP contribution >= 0.6 is 0 Å². The van der Waals surface area contributed by atoms with Crippen molar-refractivity contribution in [2.45, 2.75) is 33.6 Å². The summed E-state index contributed by atoms with van der Waals surface area (Å²) in [6.07, 6.45) is 6.92. The first-order valence-corrected chi connectivity index (χ1v) is 8.56. The van der Waals surface area contributed by atoms with Crippen molar-refractivity contribution < 1.29 is 0 Å². The number of fused-ring (bicyclic) bond motifs is 1. The van der Waals surface area contributed by atoms with Crippen molar-refractivity contribution in [1.29, 1.82) is 0 Å². The highest BCUT2D eigenvalue weighted by Gasteiger charge is 2.15. The minimum atomic E-state index is 0.452. The van der Waals surface area contributed by atoms with E-state index >= 15 is 0 Å². The molecule has 1 aliphatic rings.